The fourth-order valence-electron chi connectivity index (χ4n) is 4.77. The number of nitrogens with two attached hydrogens (primary N) is 1. The number of hydrogen-bond donors (Lipinski definition) is 1. The van der Waals surface area contributed by atoms with E-state index >= 15 is 0 Å². The molecule has 1 aliphatic rings. The van der Waals surface area contributed by atoms with Crippen molar-refractivity contribution < 1.29 is 23.1 Å². The predicted octanol–water partition coefficient (Wildman–Crippen LogP) is 6.74. The number of imidazole rings is 1. The zero-order valence-corrected chi connectivity index (χ0v) is 25.0. The van der Waals surface area contributed by atoms with E-state index in [9.17, 15) is 4.57 Å². The zero-order chi connectivity index (χ0) is 27.8. The molecular formula is C28H50N5O5P. The molecule has 2 N–H and O–H groups in total. The zero-order valence-electron chi connectivity index (χ0n) is 24.1. The van der Waals surface area contributed by atoms with Gasteiger partial charge < -0.3 is 28.8 Å². The fourth-order valence-corrected chi connectivity index (χ4v) is 6.14. The van der Waals surface area contributed by atoms with Crippen LogP contribution in [0.5, 0.6) is 0 Å². The van der Waals surface area contributed by atoms with E-state index in [1.54, 1.807) is 6.33 Å². The molecule has 11 heteroatoms. The number of ether oxygens (including phenoxy) is 2. The van der Waals surface area contributed by atoms with E-state index in [1.807, 2.05) is 4.57 Å². The van der Waals surface area contributed by atoms with Crippen molar-refractivity contribution in [2.24, 2.45) is 5.92 Å². The van der Waals surface area contributed by atoms with Gasteiger partial charge in [0.2, 0.25) is 0 Å². The molecule has 222 valence electrons. The first-order chi connectivity index (χ1) is 19.0. The Morgan fingerprint density at radius 2 is 1.62 bits per heavy atom. The highest BCUT2D eigenvalue weighted by molar-refractivity contribution is 7.53. The largest absolute Gasteiger partial charge is 0.382 e. The fraction of sp³-hybridized carbons (Fsp3) is 0.821. The molecule has 0 aromatic carbocycles. The van der Waals surface area contributed by atoms with Crippen LogP contribution in [0.2, 0.25) is 0 Å². The molecule has 2 atom stereocenters. The summed E-state index contributed by atoms with van der Waals surface area (Å²) in [7, 11) is -3.26. The highest BCUT2D eigenvalue weighted by atomic mass is 31.2. The molecule has 1 aliphatic heterocycles. The van der Waals surface area contributed by atoms with Gasteiger partial charge in [-0.1, -0.05) is 90.9 Å². The normalized spacial score (nSPS) is 19.8. The molecule has 39 heavy (non-hydrogen) atoms. The minimum Gasteiger partial charge on any atom is -0.382 e. The van der Waals surface area contributed by atoms with Crippen LogP contribution >= 0.6 is 7.60 Å². The standard InChI is InChI=1S/C28H50N5O5P/c1-24(2)15-13-11-9-7-5-3-4-6-8-10-12-14-16-35-17-18-37-39(34)23-36-25(20-38-39)19-33-22-32-26-27(29)30-21-31-28(26)33/h21-22,24-25H,3-20,23H2,1-2H3,(H2,29,30,31). The number of anilines is 1. The van der Waals surface area contributed by atoms with Crippen LogP contribution in [0.15, 0.2) is 12.7 Å². The van der Waals surface area contributed by atoms with Gasteiger partial charge in [0.25, 0.3) is 0 Å². The van der Waals surface area contributed by atoms with Crippen LogP contribution in [-0.2, 0) is 29.6 Å². The SMILES string of the molecule is CC(C)CCCCCCCCCCCCCCOCCOP1(=O)COC(Cn2cnc3c(N)ncnc32)CO1. The highest BCUT2D eigenvalue weighted by Crippen LogP contribution is 2.50. The number of fused-ring (bicyclic) bond motifs is 1. The minimum atomic E-state index is -3.26. The van der Waals surface area contributed by atoms with Crippen molar-refractivity contribution in [3.63, 3.8) is 0 Å². The lowest BCUT2D eigenvalue weighted by atomic mass is 10.0. The molecular weight excluding hydrogens is 517 g/mol. The van der Waals surface area contributed by atoms with Crippen molar-refractivity contribution in [3.05, 3.63) is 12.7 Å². The van der Waals surface area contributed by atoms with Gasteiger partial charge in [-0.2, -0.15) is 0 Å². The average molecular weight is 568 g/mol. The molecule has 0 bridgehead atoms. The number of nitrogen functional groups attached to an aromatic ring is 1. The maximum absolute atomic E-state index is 12.7. The van der Waals surface area contributed by atoms with E-state index in [0.717, 1.165) is 12.3 Å². The van der Waals surface area contributed by atoms with Gasteiger partial charge in [0.1, 0.15) is 24.3 Å². The summed E-state index contributed by atoms with van der Waals surface area (Å²) in [4.78, 5) is 12.4. The number of aromatic nitrogens is 4. The van der Waals surface area contributed by atoms with E-state index in [2.05, 4.69) is 28.8 Å². The van der Waals surface area contributed by atoms with Crippen molar-refractivity contribution in [1.29, 1.82) is 0 Å². The van der Waals surface area contributed by atoms with E-state index in [1.165, 1.54) is 83.4 Å². The second kappa shape index (κ2) is 18.0. The summed E-state index contributed by atoms with van der Waals surface area (Å²) in [6, 6.07) is 0. The van der Waals surface area contributed by atoms with Crippen molar-refractivity contribution in [3.8, 4) is 0 Å². The Bertz CT molecular complexity index is 976. The molecule has 1 fully saturated rings. The van der Waals surface area contributed by atoms with Crippen LogP contribution in [0.3, 0.4) is 0 Å². The summed E-state index contributed by atoms with van der Waals surface area (Å²) in [6.45, 7) is 6.58. The molecule has 3 rings (SSSR count). The Labute approximate surface area is 234 Å². The second-order valence-electron chi connectivity index (χ2n) is 11.0. The summed E-state index contributed by atoms with van der Waals surface area (Å²) in [6.07, 6.45) is 20.0. The first-order valence-electron chi connectivity index (χ1n) is 15.0. The monoisotopic (exact) mass is 567 g/mol. The number of rotatable bonds is 21. The average Bonchev–Trinajstić information content (AvgIpc) is 3.33. The van der Waals surface area contributed by atoms with E-state index in [0.29, 0.717) is 36.7 Å². The third-order valence-electron chi connectivity index (χ3n) is 7.09. The summed E-state index contributed by atoms with van der Waals surface area (Å²) in [5.41, 5.74) is 7.01. The number of unbranched alkanes of at least 4 members (excludes halogenated alkanes) is 11. The van der Waals surface area contributed by atoms with Gasteiger partial charge in [-0.25, -0.2) is 15.0 Å². The third kappa shape index (κ3) is 12.2. The van der Waals surface area contributed by atoms with E-state index in [-0.39, 0.29) is 25.7 Å². The summed E-state index contributed by atoms with van der Waals surface area (Å²) in [5.74, 6) is 1.18. The topological polar surface area (TPSA) is 124 Å². The maximum atomic E-state index is 12.7. The lowest BCUT2D eigenvalue weighted by Gasteiger charge is -2.29. The van der Waals surface area contributed by atoms with Crippen LogP contribution in [-0.4, -0.2) is 58.4 Å². The second-order valence-corrected chi connectivity index (χ2v) is 13.0. The molecule has 3 heterocycles. The predicted molar refractivity (Wildman–Crippen MR) is 155 cm³/mol. The summed E-state index contributed by atoms with van der Waals surface area (Å²) >= 11 is 0. The molecule has 2 aromatic heterocycles. The van der Waals surface area contributed by atoms with Crippen LogP contribution in [0.1, 0.15) is 97.3 Å². The minimum absolute atomic E-state index is 0.0836. The van der Waals surface area contributed by atoms with E-state index < -0.39 is 7.60 Å². The lowest BCUT2D eigenvalue weighted by Crippen LogP contribution is -2.30. The van der Waals surface area contributed by atoms with Crippen molar-refractivity contribution in [2.75, 3.05) is 38.5 Å². The first-order valence-corrected chi connectivity index (χ1v) is 16.7. The van der Waals surface area contributed by atoms with Gasteiger partial charge in [-0.3, -0.25) is 4.57 Å². The molecule has 0 amide bonds. The first kappa shape index (κ1) is 31.9. The quantitative estimate of drug-likeness (QED) is 0.129. The van der Waals surface area contributed by atoms with Crippen molar-refractivity contribution in [2.45, 2.75) is 110 Å². The Kier molecular flexibility index (Phi) is 14.7. The molecule has 1 saturated heterocycles. The van der Waals surface area contributed by atoms with Crippen LogP contribution < -0.4 is 5.73 Å². The maximum Gasteiger partial charge on any atom is 0.356 e. The van der Waals surface area contributed by atoms with E-state index in [4.69, 9.17) is 24.3 Å². The van der Waals surface area contributed by atoms with Gasteiger partial charge in [0.05, 0.1) is 32.7 Å². The third-order valence-corrected chi connectivity index (χ3v) is 8.67. The van der Waals surface area contributed by atoms with Gasteiger partial charge >= 0.3 is 7.60 Å². The highest BCUT2D eigenvalue weighted by Gasteiger charge is 2.33. The Hall–Kier alpha value is -1.58. The Morgan fingerprint density at radius 3 is 2.26 bits per heavy atom. The van der Waals surface area contributed by atoms with Crippen molar-refractivity contribution in [1.82, 2.24) is 19.5 Å². The molecule has 2 unspecified atom stereocenters. The summed E-state index contributed by atoms with van der Waals surface area (Å²) < 4.78 is 37.0. The van der Waals surface area contributed by atoms with Crippen LogP contribution in [0.4, 0.5) is 5.82 Å². The van der Waals surface area contributed by atoms with Gasteiger partial charge in [-0.15, -0.1) is 0 Å². The molecule has 0 spiro atoms. The molecule has 2 aromatic rings. The molecule has 0 radical (unpaired) electrons. The smallest absolute Gasteiger partial charge is 0.356 e. The number of hydrogen-bond acceptors (Lipinski definition) is 9. The van der Waals surface area contributed by atoms with Crippen LogP contribution in [0.25, 0.3) is 11.2 Å². The van der Waals surface area contributed by atoms with Gasteiger partial charge in [0, 0.05) is 6.61 Å². The molecule has 0 saturated carbocycles. The number of nitrogens with zero attached hydrogens (tertiary/aromatic N) is 4. The van der Waals surface area contributed by atoms with Gasteiger partial charge in [-0.05, 0) is 12.3 Å². The lowest BCUT2D eigenvalue weighted by molar-refractivity contribution is -0.0169. The Balaban J connectivity index is 1.10. The van der Waals surface area contributed by atoms with Gasteiger partial charge in [0.15, 0.2) is 11.5 Å². The molecule has 0 aliphatic carbocycles. The van der Waals surface area contributed by atoms with Crippen molar-refractivity contribution >= 4 is 24.6 Å². The van der Waals surface area contributed by atoms with Crippen LogP contribution in [0, 0.1) is 5.92 Å². The Morgan fingerprint density at radius 1 is 0.949 bits per heavy atom. The summed E-state index contributed by atoms with van der Waals surface area (Å²) in [5, 5.41) is 0. The molecule has 10 nitrogen and oxygen atoms in total.